The predicted octanol–water partition coefficient (Wildman–Crippen LogP) is 3.11. The van der Waals surface area contributed by atoms with Crippen LogP contribution >= 0.6 is 0 Å². The molecule has 0 saturated carbocycles. The minimum absolute atomic E-state index is 0.0240. The van der Waals surface area contributed by atoms with Gasteiger partial charge in [0.25, 0.3) is 5.91 Å². The van der Waals surface area contributed by atoms with Gasteiger partial charge in [-0.15, -0.1) is 0 Å². The van der Waals surface area contributed by atoms with E-state index in [4.69, 9.17) is 6.57 Å². The second-order valence-electron chi connectivity index (χ2n) is 4.69. The summed E-state index contributed by atoms with van der Waals surface area (Å²) in [7, 11) is 1.78. The fraction of sp³-hybridized carbons (Fsp3) is 0.385. The lowest BCUT2D eigenvalue weighted by molar-refractivity contribution is 0.0656. The van der Waals surface area contributed by atoms with E-state index in [2.05, 4.69) is 4.85 Å². The number of carbonyl (C=O) groups is 1. The van der Waals surface area contributed by atoms with Crippen molar-refractivity contribution >= 4 is 11.6 Å². The molecule has 0 atom stereocenters. The smallest absolute Gasteiger partial charge is 0.253 e. The van der Waals surface area contributed by atoms with Crippen LogP contribution < -0.4 is 0 Å². The third kappa shape index (κ3) is 2.60. The van der Waals surface area contributed by atoms with E-state index < -0.39 is 0 Å². The first-order valence-electron chi connectivity index (χ1n) is 5.12. The molecule has 0 bridgehead atoms. The summed E-state index contributed by atoms with van der Waals surface area (Å²) in [4.78, 5) is 17.0. The monoisotopic (exact) mass is 216 g/mol. The number of amides is 1. The van der Waals surface area contributed by atoms with E-state index in [9.17, 15) is 4.79 Å². The van der Waals surface area contributed by atoms with E-state index in [0.717, 1.165) is 0 Å². The van der Waals surface area contributed by atoms with Crippen LogP contribution in [0.3, 0.4) is 0 Å². The topological polar surface area (TPSA) is 24.7 Å². The minimum atomic E-state index is -0.199. The molecule has 1 rings (SSSR count). The molecule has 1 aromatic carbocycles. The second kappa shape index (κ2) is 4.36. The SMILES string of the molecule is [C-]#[N+]c1ccc(C(=O)N(C)C(C)(C)C)cc1. The van der Waals surface area contributed by atoms with Gasteiger partial charge >= 0.3 is 0 Å². The Morgan fingerprint density at radius 3 is 2.12 bits per heavy atom. The first-order valence-corrected chi connectivity index (χ1v) is 5.12. The molecular weight excluding hydrogens is 200 g/mol. The molecule has 0 N–H and O–H groups in total. The van der Waals surface area contributed by atoms with Crippen LogP contribution in [-0.2, 0) is 0 Å². The van der Waals surface area contributed by atoms with Gasteiger partial charge in [0.15, 0.2) is 5.69 Å². The van der Waals surface area contributed by atoms with Crippen molar-refractivity contribution in [1.82, 2.24) is 4.90 Å². The fourth-order valence-corrected chi connectivity index (χ4v) is 1.18. The predicted molar refractivity (Wildman–Crippen MR) is 64.6 cm³/mol. The summed E-state index contributed by atoms with van der Waals surface area (Å²) < 4.78 is 0. The molecule has 0 aliphatic rings. The van der Waals surface area contributed by atoms with Crippen molar-refractivity contribution in [1.29, 1.82) is 0 Å². The van der Waals surface area contributed by atoms with Gasteiger partial charge in [-0.3, -0.25) is 4.79 Å². The Hall–Kier alpha value is -1.82. The van der Waals surface area contributed by atoms with Crippen LogP contribution in [0.15, 0.2) is 24.3 Å². The number of benzene rings is 1. The van der Waals surface area contributed by atoms with Gasteiger partial charge in [-0.25, -0.2) is 4.85 Å². The molecule has 0 aliphatic heterocycles. The van der Waals surface area contributed by atoms with Gasteiger partial charge in [-0.2, -0.15) is 0 Å². The highest BCUT2D eigenvalue weighted by Gasteiger charge is 2.22. The highest BCUT2D eigenvalue weighted by atomic mass is 16.2. The average molecular weight is 216 g/mol. The van der Waals surface area contributed by atoms with E-state index in [1.54, 1.807) is 36.2 Å². The maximum atomic E-state index is 12.0. The molecule has 0 fully saturated rings. The maximum absolute atomic E-state index is 12.0. The zero-order valence-corrected chi connectivity index (χ0v) is 10.1. The van der Waals surface area contributed by atoms with Gasteiger partial charge in [0.05, 0.1) is 6.57 Å². The molecule has 1 aromatic rings. The zero-order chi connectivity index (χ0) is 12.3. The molecule has 0 aromatic heterocycles. The Morgan fingerprint density at radius 2 is 1.75 bits per heavy atom. The van der Waals surface area contributed by atoms with Crippen LogP contribution in [0.25, 0.3) is 4.85 Å². The minimum Gasteiger partial charge on any atom is -0.337 e. The summed E-state index contributed by atoms with van der Waals surface area (Å²) >= 11 is 0. The third-order valence-electron chi connectivity index (χ3n) is 2.55. The Morgan fingerprint density at radius 1 is 1.25 bits per heavy atom. The van der Waals surface area contributed by atoms with Crippen molar-refractivity contribution in [3.8, 4) is 0 Å². The van der Waals surface area contributed by atoms with Crippen LogP contribution in [0.2, 0.25) is 0 Å². The molecule has 3 heteroatoms. The van der Waals surface area contributed by atoms with Gasteiger partial charge < -0.3 is 4.90 Å². The lowest BCUT2D eigenvalue weighted by Crippen LogP contribution is -2.42. The lowest BCUT2D eigenvalue weighted by atomic mass is 10.1. The van der Waals surface area contributed by atoms with Crippen molar-refractivity contribution in [3.05, 3.63) is 41.2 Å². The summed E-state index contributed by atoms with van der Waals surface area (Å²) in [5.74, 6) is -0.0240. The third-order valence-corrected chi connectivity index (χ3v) is 2.55. The van der Waals surface area contributed by atoms with E-state index in [0.29, 0.717) is 11.3 Å². The van der Waals surface area contributed by atoms with E-state index in [1.807, 2.05) is 20.8 Å². The van der Waals surface area contributed by atoms with Crippen LogP contribution in [0.4, 0.5) is 5.69 Å². The largest absolute Gasteiger partial charge is 0.337 e. The normalized spacial score (nSPS) is 10.7. The molecule has 84 valence electrons. The summed E-state index contributed by atoms with van der Waals surface area (Å²) in [5.41, 5.74) is 0.968. The summed E-state index contributed by atoms with van der Waals surface area (Å²) in [5, 5.41) is 0. The zero-order valence-electron chi connectivity index (χ0n) is 10.1. The van der Waals surface area contributed by atoms with Crippen LogP contribution in [-0.4, -0.2) is 23.4 Å². The van der Waals surface area contributed by atoms with Crippen molar-refractivity contribution in [2.75, 3.05) is 7.05 Å². The number of carbonyl (C=O) groups excluding carboxylic acids is 1. The van der Waals surface area contributed by atoms with E-state index >= 15 is 0 Å². The number of rotatable bonds is 1. The number of nitrogens with zero attached hydrogens (tertiary/aromatic N) is 2. The van der Waals surface area contributed by atoms with Gasteiger partial charge in [0, 0.05) is 18.2 Å². The van der Waals surface area contributed by atoms with Crippen molar-refractivity contribution in [2.45, 2.75) is 26.3 Å². The highest BCUT2D eigenvalue weighted by molar-refractivity contribution is 5.94. The maximum Gasteiger partial charge on any atom is 0.253 e. The average Bonchev–Trinajstić information content (AvgIpc) is 2.26. The molecule has 1 amide bonds. The fourth-order valence-electron chi connectivity index (χ4n) is 1.18. The van der Waals surface area contributed by atoms with Crippen LogP contribution in [0, 0.1) is 6.57 Å². The van der Waals surface area contributed by atoms with Gasteiger partial charge in [0.2, 0.25) is 0 Å². The van der Waals surface area contributed by atoms with Crippen LogP contribution in [0.1, 0.15) is 31.1 Å². The molecule has 16 heavy (non-hydrogen) atoms. The molecular formula is C13H16N2O. The molecule has 0 unspecified atom stereocenters. The number of hydrogen-bond acceptors (Lipinski definition) is 1. The summed E-state index contributed by atoms with van der Waals surface area (Å²) in [6.45, 7) is 12.8. The molecule has 0 radical (unpaired) electrons. The molecule has 0 saturated heterocycles. The van der Waals surface area contributed by atoms with Gasteiger partial charge in [-0.1, -0.05) is 24.3 Å². The van der Waals surface area contributed by atoms with Crippen molar-refractivity contribution in [3.63, 3.8) is 0 Å². The van der Waals surface area contributed by atoms with E-state index in [-0.39, 0.29) is 11.4 Å². The van der Waals surface area contributed by atoms with Gasteiger partial charge in [-0.05, 0) is 20.8 Å². The first kappa shape index (κ1) is 12.3. The Balaban J connectivity index is 2.94. The van der Waals surface area contributed by atoms with E-state index in [1.165, 1.54) is 0 Å². The Labute approximate surface area is 96.5 Å². The summed E-state index contributed by atoms with van der Waals surface area (Å²) in [6.07, 6.45) is 0. The quantitative estimate of drug-likeness (QED) is 0.662. The first-order chi connectivity index (χ1) is 7.36. The van der Waals surface area contributed by atoms with Crippen molar-refractivity contribution in [2.24, 2.45) is 0 Å². The van der Waals surface area contributed by atoms with Crippen molar-refractivity contribution < 1.29 is 4.79 Å². The molecule has 3 nitrogen and oxygen atoms in total. The molecule has 0 heterocycles. The van der Waals surface area contributed by atoms with Gasteiger partial charge in [0.1, 0.15) is 0 Å². The standard InChI is InChI=1S/C13H16N2O/c1-13(2,3)15(5)12(16)10-6-8-11(14-4)9-7-10/h6-9H,1-3,5H3. The molecule has 0 spiro atoms. The van der Waals surface area contributed by atoms with Crippen LogP contribution in [0.5, 0.6) is 0 Å². The number of hydrogen-bond donors (Lipinski definition) is 0. The Kier molecular flexibility index (Phi) is 3.34. The Bertz CT molecular complexity index is 421. The highest BCUT2D eigenvalue weighted by Crippen LogP contribution is 2.17. The summed E-state index contributed by atoms with van der Waals surface area (Å²) in [6, 6.07) is 6.71. The molecule has 0 aliphatic carbocycles. The lowest BCUT2D eigenvalue weighted by Gasteiger charge is -2.32. The second-order valence-corrected chi connectivity index (χ2v) is 4.69.